The Bertz CT molecular complexity index is 751. The van der Waals surface area contributed by atoms with Gasteiger partial charge >= 0.3 is 0 Å². The van der Waals surface area contributed by atoms with Crippen LogP contribution in [0.4, 0.5) is 5.69 Å². The first-order valence-corrected chi connectivity index (χ1v) is 9.92. The molecule has 2 amide bonds. The maximum atomic E-state index is 12.6. The molecule has 9 nitrogen and oxygen atoms in total. The highest BCUT2D eigenvalue weighted by atomic mass is 35.5. The van der Waals surface area contributed by atoms with Crippen LogP contribution in [0.2, 0.25) is 5.02 Å². The summed E-state index contributed by atoms with van der Waals surface area (Å²) in [7, 11) is 0. The lowest BCUT2D eigenvalue weighted by Gasteiger charge is -2.21. The Kier molecular flexibility index (Phi) is 9.04. The second-order valence-electron chi connectivity index (χ2n) is 6.96. The normalized spacial score (nSPS) is 16.4. The van der Waals surface area contributed by atoms with E-state index in [1.165, 1.54) is 6.34 Å². The Morgan fingerprint density at radius 3 is 2.72 bits per heavy atom. The summed E-state index contributed by atoms with van der Waals surface area (Å²) in [5.74, 6) is 4.12. The zero-order chi connectivity index (χ0) is 21.2. The van der Waals surface area contributed by atoms with E-state index in [-0.39, 0.29) is 18.9 Å². The molecule has 1 saturated carbocycles. The third-order valence-electron chi connectivity index (χ3n) is 4.93. The van der Waals surface area contributed by atoms with Crippen LogP contribution >= 0.6 is 11.6 Å². The van der Waals surface area contributed by atoms with Crippen molar-refractivity contribution in [1.82, 2.24) is 16.1 Å². The molecule has 8 N–H and O–H groups in total. The number of rotatable bonds is 10. The number of benzene rings is 1. The van der Waals surface area contributed by atoms with Crippen molar-refractivity contribution in [2.45, 2.75) is 50.8 Å². The van der Waals surface area contributed by atoms with Gasteiger partial charge in [-0.2, -0.15) is 5.84 Å². The minimum atomic E-state index is -1.14. The molecule has 2 rings (SSSR count). The van der Waals surface area contributed by atoms with Crippen molar-refractivity contribution in [1.29, 1.82) is 5.41 Å². The molecule has 2 atom stereocenters. The number of aliphatic hydroxyl groups is 1. The monoisotopic (exact) mass is 423 g/mol. The summed E-state index contributed by atoms with van der Waals surface area (Å²) in [6, 6.07) is 4.20. The van der Waals surface area contributed by atoms with E-state index in [9.17, 15) is 14.7 Å². The quantitative estimate of drug-likeness (QED) is 0.114. The summed E-state index contributed by atoms with van der Waals surface area (Å²) in [5.41, 5.74) is 3.76. The molecule has 1 aliphatic rings. The number of amides is 2. The molecule has 10 heteroatoms. The van der Waals surface area contributed by atoms with Crippen molar-refractivity contribution in [3.8, 4) is 0 Å². The average molecular weight is 424 g/mol. The molecule has 158 valence electrons. The summed E-state index contributed by atoms with van der Waals surface area (Å²) in [6.07, 6.45) is 4.96. The molecular formula is C19H28ClN6O3+. The Labute approximate surface area is 174 Å². The second kappa shape index (κ2) is 11.5. The summed E-state index contributed by atoms with van der Waals surface area (Å²) in [6.45, 7) is 0.148. The van der Waals surface area contributed by atoms with Gasteiger partial charge in [0.15, 0.2) is 0 Å². The van der Waals surface area contributed by atoms with E-state index in [0.717, 1.165) is 31.9 Å². The van der Waals surface area contributed by atoms with E-state index >= 15 is 0 Å². The third kappa shape index (κ3) is 6.81. The maximum absolute atomic E-state index is 12.6. The van der Waals surface area contributed by atoms with E-state index in [1.54, 1.807) is 18.2 Å². The first kappa shape index (κ1) is 22.8. The molecule has 0 spiro atoms. The van der Waals surface area contributed by atoms with Gasteiger partial charge in [-0.15, -0.1) is 0 Å². The number of aliphatic hydroxyl groups excluding tert-OH is 1. The van der Waals surface area contributed by atoms with Crippen LogP contribution < -0.4 is 26.9 Å². The summed E-state index contributed by atoms with van der Waals surface area (Å²) in [4.78, 5) is 27.9. The van der Waals surface area contributed by atoms with Gasteiger partial charge in [0.05, 0.1) is 0 Å². The number of hydrogen-bond donors (Lipinski definition) is 7. The molecule has 0 unspecified atom stereocenters. The van der Waals surface area contributed by atoms with Crippen LogP contribution in [0.5, 0.6) is 0 Å². The Morgan fingerprint density at radius 1 is 1.34 bits per heavy atom. The SMILES string of the molecule is N=CC[C@H](NC(=O)[C@H](O)C1CCCC1)C(=O)NCc1cc(Cl)ccc1[NH+]=CNN. The third-order valence-corrected chi connectivity index (χ3v) is 5.17. The largest absolute Gasteiger partial charge is 0.383 e. The van der Waals surface area contributed by atoms with Crippen molar-refractivity contribution in [2.24, 2.45) is 11.8 Å². The van der Waals surface area contributed by atoms with Crippen LogP contribution in [-0.2, 0) is 16.1 Å². The van der Waals surface area contributed by atoms with Gasteiger partial charge < -0.3 is 21.1 Å². The lowest BCUT2D eigenvalue weighted by atomic mass is 10.00. The van der Waals surface area contributed by atoms with Gasteiger partial charge in [-0.1, -0.05) is 24.4 Å². The van der Waals surface area contributed by atoms with Crippen molar-refractivity contribution in [3.05, 3.63) is 28.8 Å². The average Bonchev–Trinajstić information content (AvgIpc) is 3.25. The van der Waals surface area contributed by atoms with Gasteiger partial charge in [-0.25, -0.2) is 10.4 Å². The number of hydrazine groups is 1. The molecule has 0 saturated heterocycles. The Balaban J connectivity index is 2.00. The van der Waals surface area contributed by atoms with E-state index in [0.29, 0.717) is 16.3 Å². The first-order valence-electron chi connectivity index (χ1n) is 9.54. The fourth-order valence-corrected chi connectivity index (χ4v) is 3.56. The van der Waals surface area contributed by atoms with Gasteiger partial charge in [-0.3, -0.25) is 9.59 Å². The van der Waals surface area contributed by atoms with Crippen LogP contribution in [0, 0.1) is 11.3 Å². The van der Waals surface area contributed by atoms with Crippen LogP contribution in [0.25, 0.3) is 0 Å². The van der Waals surface area contributed by atoms with Crippen LogP contribution in [0.15, 0.2) is 18.2 Å². The summed E-state index contributed by atoms with van der Waals surface area (Å²) in [5, 5.41) is 23.3. The minimum Gasteiger partial charge on any atom is -0.383 e. The minimum absolute atomic E-state index is 0.0283. The molecule has 0 aliphatic heterocycles. The molecule has 0 aromatic heterocycles. The fraction of sp³-hybridized carbons (Fsp3) is 0.474. The highest BCUT2D eigenvalue weighted by molar-refractivity contribution is 6.30. The predicted molar refractivity (Wildman–Crippen MR) is 111 cm³/mol. The zero-order valence-corrected chi connectivity index (χ0v) is 16.8. The molecule has 0 radical (unpaired) electrons. The van der Waals surface area contributed by atoms with Gasteiger partial charge in [0.1, 0.15) is 17.8 Å². The van der Waals surface area contributed by atoms with Gasteiger partial charge in [-0.05, 0) is 43.2 Å². The highest BCUT2D eigenvalue weighted by Crippen LogP contribution is 2.27. The second-order valence-corrected chi connectivity index (χ2v) is 7.40. The molecule has 0 heterocycles. The molecule has 1 aromatic rings. The molecular weight excluding hydrogens is 396 g/mol. The molecule has 0 bridgehead atoms. The fourth-order valence-electron chi connectivity index (χ4n) is 3.37. The summed E-state index contributed by atoms with van der Waals surface area (Å²) < 4.78 is 0. The lowest BCUT2D eigenvalue weighted by molar-refractivity contribution is -0.351. The van der Waals surface area contributed by atoms with Gasteiger partial charge in [0, 0.05) is 23.6 Å². The Hall–Kier alpha value is -2.49. The van der Waals surface area contributed by atoms with Gasteiger partial charge in [0.2, 0.25) is 11.8 Å². The number of nitrogens with one attached hydrogen (secondary N) is 5. The van der Waals surface area contributed by atoms with Crippen molar-refractivity contribution in [2.75, 3.05) is 0 Å². The smallest absolute Gasteiger partial charge is 0.253 e. The summed E-state index contributed by atoms with van der Waals surface area (Å²) >= 11 is 6.04. The van der Waals surface area contributed by atoms with E-state index in [4.69, 9.17) is 22.9 Å². The number of hydrogen-bond acceptors (Lipinski definition) is 5. The maximum Gasteiger partial charge on any atom is 0.253 e. The lowest BCUT2D eigenvalue weighted by Crippen LogP contribution is -2.65. The Morgan fingerprint density at radius 2 is 2.07 bits per heavy atom. The van der Waals surface area contributed by atoms with E-state index < -0.39 is 24.0 Å². The topological polar surface area (TPSA) is 154 Å². The first-order chi connectivity index (χ1) is 14.0. The van der Waals surface area contributed by atoms with Crippen molar-refractivity contribution >= 4 is 41.7 Å². The molecule has 1 aliphatic carbocycles. The standard InChI is InChI=1S/C19H27ClN6O3/c20-14-5-6-15(24-11-25-22)13(9-14)10-23-18(28)16(7-8-21)26-19(29)17(27)12-3-1-2-4-12/h5-6,8-9,11-12,16-17,21,27H,1-4,7,10,22H2,(H,23,28)(H,24,25)(H,26,29)/p+1/t16-,17+/m0/s1. The van der Waals surface area contributed by atoms with Crippen LogP contribution in [0.3, 0.4) is 0 Å². The van der Waals surface area contributed by atoms with Crippen molar-refractivity contribution in [3.63, 3.8) is 0 Å². The van der Waals surface area contributed by atoms with E-state index in [1.807, 2.05) is 0 Å². The number of carbonyl (C=O) groups excluding carboxylic acids is 2. The molecule has 1 aromatic carbocycles. The van der Waals surface area contributed by atoms with Crippen molar-refractivity contribution < 1.29 is 19.7 Å². The predicted octanol–water partition coefficient (Wildman–Crippen LogP) is -0.765. The number of halogens is 1. The van der Waals surface area contributed by atoms with E-state index in [2.05, 4.69) is 21.1 Å². The molecule has 1 fully saturated rings. The zero-order valence-electron chi connectivity index (χ0n) is 16.1. The molecule has 29 heavy (non-hydrogen) atoms. The number of nitrogens with two attached hydrogens (primary N) is 1. The van der Waals surface area contributed by atoms with Gasteiger partial charge in [0.25, 0.3) is 6.34 Å². The van der Waals surface area contributed by atoms with Crippen LogP contribution in [0.1, 0.15) is 37.7 Å². The highest BCUT2D eigenvalue weighted by Gasteiger charge is 2.31. The number of carbonyl (C=O) groups is 2. The van der Waals surface area contributed by atoms with Crippen LogP contribution in [-0.4, -0.2) is 41.6 Å².